The van der Waals surface area contributed by atoms with Crippen LogP contribution >= 0.6 is 0 Å². The SMILES string of the molecule is O=C1C(Cc2ccc(F)c(F)c2)N2C(=O)CN(Cc3ccc(F)cc3)N(C(=O)NCc3ccccc3)C2CN1Cc1cccc(C(F)(F)F)c1. The van der Waals surface area contributed by atoms with Crippen LogP contribution in [-0.4, -0.2) is 63.0 Å². The van der Waals surface area contributed by atoms with Crippen LogP contribution in [0.2, 0.25) is 0 Å². The maximum atomic E-state index is 14.3. The van der Waals surface area contributed by atoms with E-state index in [0.29, 0.717) is 5.56 Å². The van der Waals surface area contributed by atoms with Crippen LogP contribution in [-0.2, 0) is 41.8 Å². The van der Waals surface area contributed by atoms with Crippen LogP contribution in [0.1, 0.15) is 27.8 Å². The first-order valence-electron chi connectivity index (χ1n) is 15.7. The van der Waals surface area contributed by atoms with E-state index >= 15 is 0 Å². The van der Waals surface area contributed by atoms with Gasteiger partial charge in [0.05, 0.1) is 18.7 Å². The van der Waals surface area contributed by atoms with E-state index in [1.807, 2.05) is 6.07 Å². The van der Waals surface area contributed by atoms with E-state index in [0.717, 1.165) is 29.8 Å². The number of alkyl halides is 3. The second-order valence-corrected chi connectivity index (χ2v) is 12.1. The van der Waals surface area contributed by atoms with Crippen molar-refractivity contribution in [1.82, 2.24) is 25.1 Å². The van der Waals surface area contributed by atoms with E-state index in [2.05, 4.69) is 5.32 Å². The summed E-state index contributed by atoms with van der Waals surface area (Å²) in [7, 11) is 0. The number of nitrogens with one attached hydrogen (secondary N) is 1. The molecule has 2 aliphatic heterocycles. The molecule has 50 heavy (non-hydrogen) atoms. The van der Waals surface area contributed by atoms with Crippen LogP contribution in [0.3, 0.4) is 0 Å². The molecule has 2 heterocycles. The van der Waals surface area contributed by atoms with Crippen molar-refractivity contribution >= 4 is 17.8 Å². The van der Waals surface area contributed by atoms with Crippen LogP contribution in [0.15, 0.2) is 97.1 Å². The number of carbonyl (C=O) groups is 3. The van der Waals surface area contributed by atoms with E-state index in [1.54, 1.807) is 24.3 Å². The normalized spacial score (nSPS) is 18.3. The van der Waals surface area contributed by atoms with Crippen LogP contribution in [0.4, 0.5) is 31.1 Å². The summed E-state index contributed by atoms with van der Waals surface area (Å²) in [5.74, 6) is -3.96. The molecule has 8 nitrogen and oxygen atoms in total. The van der Waals surface area contributed by atoms with Crippen molar-refractivity contribution in [3.8, 4) is 0 Å². The van der Waals surface area contributed by atoms with Gasteiger partial charge in [0.2, 0.25) is 11.8 Å². The summed E-state index contributed by atoms with van der Waals surface area (Å²) >= 11 is 0. The first kappa shape index (κ1) is 34.5. The Morgan fingerprint density at radius 2 is 1.46 bits per heavy atom. The zero-order valence-corrected chi connectivity index (χ0v) is 26.4. The van der Waals surface area contributed by atoms with Gasteiger partial charge in [-0.25, -0.2) is 28.0 Å². The Kier molecular flexibility index (Phi) is 9.82. The van der Waals surface area contributed by atoms with Gasteiger partial charge in [0.25, 0.3) is 0 Å². The van der Waals surface area contributed by atoms with Crippen LogP contribution in [0, 0.1) is 17.5 Å². The summed E-state index contributed by atoms with van der Waals surface area (Å²) < 4.78 is 82.6. The minimum Gasteiger partial charge on any atom is -0.333 e. The molecule has 0 aliphatic carbocycles. The highest BCUT2D eigenvalue weighted by Gasteiger charge is 2.51. The molecule has 0 aromatic heterocycles. The van der Waals surface area contributed by atoms with Crippen molar-refractivity contribution < 1.29 is 40.7 Å². The molecule has 2 fully saturated rings. The minimum absolute atomic E-state index is 0.00939. The lowest BCUT2D eigenvalue weighted by Gasteiger charge is -2.55. The maximum absolute atomic E-state index is 14.3. The van der Waals surface area contributed by atoms with Crippen molar-refractivity contribution in [3.05, 3.63) is 142 Å². The fourth-order valence-corrected chi connectivity index (χ4v) is 6.29. The summed E-state index contributed by atoms with van der Waals surface area (Å²) in [6.45, 7) is -0.862. The third kappa shape index (κ3) is 7.59. The molecule has 2 atom stereocenters. The number of rotatable bonds is 8. The lowest BCUT2D eigenvalue weighted by atomic mass is 9.98. The van der Waals surface area contributed by atoms with E-state index < -0.39 is 59.2 Å². The summed E-state index contributed by atoms with van der Waals surface area (Å²) in [6.07, 6.45) is -6.07. The molecule has 4 aromatic carbocycles. The highest BCUT2D eigenvalue weighted by Crippen LogP contribution is 2.33. The number of nitrogens with zero attached hydrogens (tertiary/aromatic N) is 4. The molecule has 6 rings (SSSR count). The second kappa shape index (κ2) is 14.2. The van der Waals surface area contributed by atoms with Crippen molar-refractivity contribution in [3.63, 3.8) is 0 Å². The molecule has 0 radical (unpaired) electrons. The molecular formula is C36H31F6N5O3. The fraction of sp³-hybridized carbons (Fsp3) is 0.250. The number of hydrogen-bond acceptors (Lipinski definition) is 4. The van der Waals surface area contributed by atoms with Crippen molar-refractivity contribution in [2.45, 2.75) is 44.4 Å². The van der Waals surface area contributed by atoms with Crippen molar-refractivity contribution in [2.24, 2.45) is 0 Å². The van der Waals surface area contributed by atoms with Crippen molar-refractivity contribution in [1.29, 1.82) is 0 Å². The van der Waals surface area contributed by atoms with Crippen LogP contribution < -0.4 is 5.32 Å². The number of urea groups is 1. The smallest absolute Gasteiger partial charge is 0.333 e. The zero-order valence-electron chi connectivity index (χ0n) is 26.4. The summed E-state index contributed by atoms with van der Waals surface area (Å²) in [6, 6.07) is 20.1. The van der Waals surface area contributed by atoms with E-state index in [-0.39, 0.29) is 50.3 Å². The van der Waals surface area contributed by atoms with Gasteiger partial charge in [-0.3, -0.25) is 9.59 Å². The topological polar surface area (TPSA) is 76.2 Å². The van der Waals surface area contributed by atoms with Gasteiger partial charge in [-0.1, -0.05) is 60.7 Å². The third-order valence-corrected chi connectivity index (χ3v) is 8.64. The Morgan fingerprint density at radius 1 is 0.760 bits per heavy atom. The number of hydrogen-bond donors (Lipinski definition) is 1. The molecule has 0 bridgehead atoms. The average Bonchev–Trinajstić information content (AvgIpc) is 3.08. The molecule has 2 saturated heterocycles. The monoisotopic (exact) mass is 695 g/mol. The molecule has 2 aliphatic rings. The van der Waals surface area contributed by atoms with Gasteiger partial charge in [-0.05, 0) is 58.7 Å². The van der Waals surface area contributed by atoms with Gasteiger partial charge >= 0.3 is 12.2 Å². The third-order valence-electron chi connectivity index (χ3n) is 8.64. The van der Waals surface area contributed by atoms with E-state index in [4.69, 9.17) is 0 Å². The zero-order chi connectivity index (χ0) is 35.6. The lowest BCUT2D eigenvalue weighted by molar-refractivity contribution is -0.192. The van der Waals surface area contributed by atoms with Gasteiger partial charge in [0, 0.05) is 26.1 Å². The fourth-order valence-electron chi connectivity index (χ4n) is 6.29. The number of hydrazine groups is 1. The molecule has 4 amide bonds. The van der Waals surface area contributed by atoms with E-state index in [9.17, 15) is 40.7 Å². The molecule has 0 saturated carbocycles. The van der Waals surface area contributed by atoms with Crippen molar-refractivity contribution in [2.75, 3.05) is 13.1 Å². The highest BCUT2D eigenvalue weighted by atomic mass is 19.4. The van der Waals surface area contributed by atoms with Gasteiger partial charge in [-0.2, -0.15) is 13.2 Å². The number of halogens is 6. The lowest BCUT2D eigenvalue weighted by Crippen LogP contribution is -2.76. The quantitative estimate of drug-likeness (QED) is 0.234. The largest absolute Gasteiger partial charge is 0.416 e. The van der Waals surface area contributed by atoms with Crippen LogP contribution in [0.25, 0.3) is 0 Å². The second-order valence-electron chi connectivity index (χ2n) is 12.1. The maximum Gasteiger partial charge on any atom is 0.416 e. The molecule has 260 valence electrons. The minimum atomic E-state index is -4.64. The number of carbonyl (C=O) groups excluding carboxylic acids is 3. The van der Waals surface area contributed by atoms with Gasteiger partial charge in [0.1, 0.15) is 18.0 Å². The Labute approximate surface area is 283 Å². The predicted octanol–water partition coefficient (Wildman–Crippen LogP) is 5.87. The molecule has 2 unspecified atom stereocenters. The first-order chi connectivity index (χ1) is 23.9. The number of amides is 4. The summed E-state index contributed by atoms with van der Waals surface area (Å²) in [4.78, 5) is 44.7. The molecule has 1 N–H and O–H groups in total. The Morgan fingerprint density at radius 3 is 2.16 bits per heavy atom. The Balaban J connectivity index is 1.39. The number of fused-ring (bicyclic) bond motifs is 1. The van der Waals surface area contributed by atoms with Gasteiger partial charge < -0.3 is 15.1 Å². The van der Waals surface area contributed by atoms with Gasteiger partial charge in [0.15, 0.2) is 11.6 Å². The molecule has 14 heteroatoms. The molecule has 0 spiro atoms. The Hall–Kier alpha value is -5.37. The number of benzene rings is 4. The Bertz CT molecular complexity index is 1870. The first-order valence-corrected chi connectivity index (χ1v) is 15.7. The standard InChI is InChI=1S/C36H31F6N5O3/c37-28-12-9-24(10-13-28)20-45-22-33(48)46-31(17-25-11-14-29(38)30(39)16-25)34(49)44(19-26-7-4-8-27(15-26)36(40,41)42)21-32(46)47(45)35(50)43-18-23-5-2-1-3-6-23/h1-16,31-32H,17-22H2,(H,43,50). The molecular weight excluding hydrogens is 664 g/mol. The summed E-state index contributed by atoms with van der Waals surface area (Å²) in [5, 5.41) is 5.60. The highest BCUT2D eigenvalue weighted by molar-refractivity contribution is 5.91. The summed E-state index contributed by atoms with van der Waals surface area (Å²) in [5.41, 5.74) is 0.762. The average molecular weight is 696 g/mol. The van der Waals surface area contributed by atoms with Gasteiger partial charge in [-0.15, -0.1) is 0 Å². The number of piperazine rings is 1. The molecule has 4 aromatic rings. The van der Waals surface area contributed by atoms with E-state index in [1.165, 1.54) is 62.3 Å². The van der Waals surface area contributed by atoms with Crippen LogP contribution in [0.5, 0.6) is 0 Å². The predicted molar refractivity (Wildman–Crippen MR) is 169 cm³/mol.